The molecule has 0 atom stereocenters. The standard InChI is InChI=1S/C23H20N2O4/c1-15-4-2-5-16(10-15)13-24-22(26)17-6-3-7-18(11-17)23(27)25-19-8-9-20-21(12-19)29-14-28-20/h2-12H,13-14H2,1H3,(H,24,26)(H,25,27). The van der Waals surface area contributed by atoms with E-state index in [9.17, 15) is 9.59 Å². The number of hydrogen-bond acceptors (Lipinski definition) is 4. The Morgan fingerprint density at radius 1 is 0.862 bits per heavy atom. The molecule has 0 fully saturated rings. The van der Waals surface area contributed by atoms with Gasteiger partial charge in [-0.3, -0.25) is 9.59 Å². The molecule has 0 saturated heterocycles. The van der Waals surface area contributed by atoms with Crippen molar-refractivity contribution in [1.29, 1.82) is 0 Å². The highest BCUT2D eigenvalue weighted by Gasteiger charge is 2.15. The molecule has 0 bridgehead atoms. The topological polar surface area (TPSA) is 76.7 Å². The van der Waals surface area contributed by atoms with Gasteiger partial charge >= 0.3 is 0 Å². The number of hydrogen-bond donors (Lipinski definition) is 2. The monoisotopic (exact) mass is 388 g/mol. The number of nitrogens with one attached hydrogen (secondary N) is 2. The summed E-state index contributed by atoms with van der Waals surface area (Å²) in [5, 5.41) is 5.70. The van der Waals surface area contributed by atoms with E-state index >= 15 is 0 Å². The largest absolute Gasteiger partial charge is 0.454 e. The van der Waals surface area contributed by atoms with E-state index in [1.165, 1.54) is 0 Å². The number of carbonyl (C=O) groups is 2. The Bertz CT molecular complexity index is 1080. The number of carbonyl (C=O) groups excluding carboxylic acids is 2. The second kappa shape index (κ2) is 8.06. The van der Waals surface area contributed by atoms with Gasteiger partial charge in [0, 0.05) is 29.4 Å². The highest BCUT2D eigenvalue weighted by Crippen LogP contribution is 2.34. The predicted molar refractivity (Wildman–Crippen MR) is 109 cm³/mol. The minimum absolute atomic E-state index is 0.173. The summed E-state index contributed by atoms with van der Waals surface area (Å²) in [6.07, 6.45) is 0. The first-order valence-corrected chi connectivity index (χ1v) is 9.23. The van der Waals surface area contributed by atoms with Crippen molar-refractivity contribution < 1.29 is 19.1 Å². The molecule has 1 heterocycles. The van der Waals surface area contributed by atoms with Crippen LogP contribution in [0.5, 0.6) is 11.5 Å². The van der Waals surface area contributed by atoms with Crippen molar-refractivity contribution in [3.63, 3.8) is 0 Å². The maximum Gasteiger partial charge on any atom is 0.255 e. The number of aryl methyl sites for hydroxylation is 1. The molecule has 4 rings (SSSR count). The third-order valence-electron chi connectivity index (χ3n) is 4.55. The summed E-state index contributed by atoms with van der Waals surface area (Å²) in [4.78, 5) is 25.1. The first-order chi connectivity index (χ1) is 14.1. The highest BCUT2D eigenvalue weighted by atomic mass is 16.7. The molecule has 0 aromatic heterocycles. The lowest BCUT2D eigenvalue weighted by Gasteiger charge is -2.09. The van der Waals surface area contributed by atoms with Crippen LogP contribution in [-0.4, -0.2) is 18.6 Å². The average Bonchev–Trinajstić information content (AvgIpc) is 3.20. The molecular weight excluding hydrogens is 368 g/mol. The summed E-state index contributed by atoms with van der Waals surface area (Å²) in [6.45, 7) is 2.61. The fraction of sp³-hybridized carbons (Fsp3) is 0.130. The first kappa shape index (κ1) is 18.6. The number of fused-ring (bicyclic) bond motifs is 1. The molecule has 1 aliphatic rings. The van der Waals surface area contributed by atoms with Crippen LogP contribution in [0.1, 0.15) is 31.8 Å². The summed E-state index contributed by atoms with van der Waals surface area (Å²) in [5.74, 6) is 0.698. The van der Waals surface area contributed by atoms with E-state index in [2.05, 4.69) is 10.6 Å². The van der Waals surface area contributed by atoms with Crippen molar-refractivity contribution in [3.05, 3.63) is 89.0 Å². The molecule has 0 spiro atoms. The van der Waals surface area contributed by atoms with Crippen molar-refractivity contribution in [3.8, 4) is 11.5 Å². The normalized spacial score (nSPS) is 11.8. The lowest BCUT2D eigenvalue weighted by molar-refractivity contribution is 0.0951. The average molecular weight is 388 g/mol. The van der Waals surface area contributed by atoms with Gasteiger partial charge in [-0.05, 0) is 42.8 Å². The molecule has 2 N–H and O–H groups in total. The fourth-order valence-corrected chi connectivity index (χ4v) is 3.09. The Morgan fingerprint density at radius 2 is 1.62 bits per heavy atom. The van der Waals surface area contributed by atoms with Gasteiger partial charge in [0.15, 0.2) is 11.5 Å². The molecule has 6 heteroatoms. The second-order valence-corrected chi connectivity index (χ2v) is 6.77. The predicted octanol–water partition coefficient (Wildman–Crippen LogP) is 3.91. The number of rotatable bonds is 5. The number of amides is 2. The SMILES string of the molecule is Cc1cccc(CNC(=O)c2cccc(C(=O)Nc3ccc4c(c3)OCO4)c2)c1. The van der Waals surface area contributed by atoms with Crippen LogP contribution >= 0.6 is 0 Å². The molecule has 0 radical (unpaired) electrons. The Balaban J connectivity index is 1.42. The van der Waals surface area contributed by atoms with Crippen molar-refractivity contribution in [2.45, 2.75) is 13.5 Å². The van der Waals surface area contributed by atoms with E-state index in [-0.39, 0.29) is 18.6 Å². The van der Waals surface area contributed by atoms with Gasteiger partial charge in [-0.25, -0.2) is 0 Å². The van der Waals surface area contributed by atoms with Crippen LogP contribution in [0.2, 0.25) is 0 Å². The Labute approximate surface area is 168 Å². The zero-order valence-corrected chi connectivity index (χ0v) is 15.9. The summed E-state index contributed by atoms with van der Waals surface area (Å²) in [5.41, 5.74) is 3.57. The van der Waals surface area contributed by atoms with E-state index in [4.69, 9.17) is 9.47 Å². The number of ether oxygens (including phenoxy) is 2. The molecular formula is C23H20N2O4. The Morgan fingerprint density at radius 3 is 2.45 bits per heavy atom. The maximum atomic E-state index is 12.6. The van der Waals surface area contributed by atoms with Gasteiger partial charge < -0.3 is 20.1 Å². The van der Waals surface area contributed by atoms with Gasteiger partial charge in [-0.2, -0.15) is 0 Å². The quantitative estimate of drug-likeness (QED) is 0.695. The fourth-order valence-electron chi connectivity index (χ4n) is 3.09. The molecule has 2 amide bonds. The van der Waals surface area contributed by atoms with Gasteiger partial charge in [-0.15, -0.1) is 0 Å². The van der Waals surface area contributed by atoms with Crippen LogP contribution in [0, 0.1) is 6.92 Å². The molecule has 3 aromatic rings. The van der Waals surface area contributed by atoms with E-state index in [1.807, 2.05) is 31.2 Å². The van der Waals surface area contributed by atoms with E-state index in [0.29, 0.717) is 34.9 Å². The molecule has 146 valence electrons. The van der Waals surface area contributed by atoms with Crippen LogP contribution in [0.25, 0.3) is 0 Å². The van der Waals surface area contributed by atoms with E-state index in [1.54, 1.807) is 42.5 Å². The third kappa shape index (κ3) is 4.38. The van der Waals surface area contributed by atoms with Gasteiger partial charge in [-0.1, -0.05) is 35.9 Å². The van der Waals surface area contributed by atoms with Crippen LogP contribution in [0.4, 0.5) is 5.69 Å². The summed E-state index contributed by atoms with van der Waals surface area (Å²) < 4.78 is 10.6. The second-order valence-electron chi connectivity index (χ2n) is 6.77. The van der Waals surface area contributed by atoms with Crippen LogP contribution in [-0.2, 0) is 6.54 Å². The first-order valence-electron chi connectivity index (χ1n) is 9.23. The highest BCUT2D eigenvalue weighted by molar-refractivity contribution is 6.06. The zero-order chi connectivity index (χ0) is 20.2. The van der Waals surface area contributed by atoms with Crippen LogP contribution < -0.4 is 20.1 Å². The van der Waals surface area contributed by atoms with Crippen LogP contribution in [0.3, 0.4) is 0 Å². The van der Waals surface area contributed by atoms with Gasteiger partial charge in [0.05, 0.1) is 0 Å². The Hall–Kier alpha value is -3.80. The number of anilines is 1. The lowest BCUT2D eigenvalue weighted by atomic mass is 10.1. The molecule has 0 aliphatic carbocycles. The zero-order valence-electron chi connectivity index (χ0n) is 15.9. The summed E-state index contributed by atoms with van der Waals surface area (Å²) in [7, 11) is 0. The molecule has 0 unspecified atom stereocenters. The minimum Gasteiger partial charge on any atom is -0.454 e. The van der Waals surface area contributed by atoms with Crippen molar-refractivity contribution in [1.82, 2.24) is 5.32 Å². The molecule has 0 saturated carbocycles. The van der Waals surface area contributed by atoms with E-state index in [0.717, 1.165) is 11.1 Å². The Kier molecular flexibility index (Phi) is 5.16. The minimum atomic E-state index is -0.308. The van der Waals surface area contributed by atoms with Crippen molar-refractivity contribution in [2.24, 2.45) is 0 Å². The van der Waals surface area contributed by atoms with E-state index < -0.39 is 0 Å². The number of benzene rings is 3. The van der Waals surface area contributed by atoms with Gasteiger partial charge in [0.1, 0.15) is 0 Å². The van der Waals surface area contributed by atoms with Crippen molar-refractivity contribution >= 4 is 17.5 Å². The molecule has 1 aliphatic heterocycles. The van der Waals surface area contributed by atoms with Gasteiger partial charge in [0.25, 0.3) is 11.8 Å². The van der Waals surface area contributed by atoms with Crippen LogP contribution in [0.15, 0.2) is 66.7 Å². The van der Waals surface area contributed by atoms with Crippen molar-refractivity contribution in [2.75, 3.05) is 12.1 Å². The lowest BCUT2D eigenvalue weighted by Crippen LogP contribution is -2.23. The smallest absolute Gasteiger partial charge is 0.255 e. The summed E-state index contributed by atoms with van der Waals surface area (Å²) in [6, 6.07) is 19.8. The summed E-state index contributed by atoms with van der Waals surface area (Å²) >= 11 is 0. The maximum absolute atomic E-state index is 12.6. The molecule has 6 nitrogen and oxygen atoms in total. The van der Waals surface area contributed by atoms with Gasteiger partial charge in [0.2, 0.25) is 6.79 Å². The molecule has 29 heavy (non-hydrogen) atoms. The molecule has 3 aromatic carbocycles. The third-order valence-corrected chi connectivity index (χ3v) is 4.55.